The highest BCUT2D eigenvalue weighted by molar-refractivity contribution is 6.09. The normalized spacial score (nSPS) is 13.5. The number of nitrogens with zero attached hydrogens (tertiary/aromatic N) is 1. The number of aromatic hydroxyl groups is 1. The summed E-state index contributed by atoms with van der Waals surface area (Å²) in [6.07, 6.45) is 2.03. The summed E-state index contributed by atoms with van der Waals surface area (Å²) < 4.78 is 12.2. The predicted molar refractivity (Wildman–Crippen MR) is 244 cm³/mol. The predicted octanol–water partition coefficient (Wildman–Crippen LogP) is 7.25. The van der Waals surface area contributed by atoms with E-state index in [1.54, 1.807) is 48.2 Å². The van der Waals surface area contributed by atoms with Crippen molar-refractivity contribution in [1.29, 1.82) is 0 Å². The van der Waals surface area contributed by atoms with Crippen molar-refractivity contribution in [3.8, 4) is 62.5 Å². The van der Waals surface area contributed by atoms with Gasteiger partial charge in [-0.3, -0.25) is 19.8 Å². The third kappa shape index (κ3) is 7.58. The van der Waals surface area contributed by atoms with Gasteiger partial charge in [0.1, 0.15) is 28.4 Å². The summed E-state index contributed by atoms with van der Waals surface area (Å²) in [5, 5.41) is 32.1. The number of phenols is 1. The Morgan fingerprint density at radius 2 is 1.42 bits per heavy atom. The molecule has 0 aromatic heterocycles. The van der Waals surface area contributed by atoms with Gasteiger partial charge in [0, 0.05) is 99.2 Å². The molecular weight excluding hydrogens is 809 g/mol. The molecule has 3 aliphatic heterocycles. The zero-order valence-corrected chi connectivity index (χ0v) is 35.1. The smallest absolute Gasteiger partial charge is 0.336 e. The molecule has 12 nitrogen and oxygen atoms in total. The number of piperidine rings is 1. The Morgan fingerprint density at radius 3 is 2.14 bits per heavy atom. The lowest BCUT2D eigenvalue weighted by Crippen LogP contribution is -2.56. The van der Waals surface area contributed by atoms with E-state index in [1.165, 1.54) is 30.3 Å². The van der Waals surface area contributed by atoms with Crippen LogP contribution in [0, 0.1) is 18.8 Å². The number of nitrogens with two attached hydrogens (primary N) is 2. The maximum Gasteiger partial charge on any atom is 0.336 e. The van der Waals surface area contributed by atoms with E-state index in [9.17, 15) is 29.4 Å². The first-order valence-corrected chi connectivity index (χ1v) is 20.9. The summed E-state index contributed by atoms with van der Waals surface area (Å²) in [4.78, 5) is 55.2. The maximum atomic E-state index is 14.2. The Hall–Kier alpha value is -8.17. The van der Waals surface area contributed by atoms with Gasteiger partial charge in [-0.25, -0.2) is 4.79 Å². The zero-order chi connectivity index (χ0) is 44.9. The van der Waals surface area contributed by atoms with Crippen molar-refractivity contribution in [2.45, 2.75) is 45.1 Å². The average molecular weight is 852 g/mol. The van der Waals surface area contributed by atoms with Crippen LogP contribution in [0.25, 0.3) is 66.8 Å². The Kier molecular flexibility index (Phi) is 10.5. The molecular formula is C52H43N4O8+. The minimum atomic E-state index is -1.25. The standard InChI is InChI=1S/C52H42N4O8/c1-3-4-5-18-52(55-49(59)30-6-12-36(29(2)23-30)47-38-14-8-32(53)25-43(38)63-44-26-33(54)9-15-39(44)47)19-21-56(22-20-52)50(60)31-7-13-37(42(24-31)51(61)62)48-40-16-10-34(57)27-45(40)64-46-28-35(58)11-17-41(46)48/h6-17,23-28,53,57H,5,18-22,54H2,1-2H3,(H,55,59)(H,61,62)/p+1. The number of hydrogen-bond donors (Lipinski definition) is 5. The summed E-state index contributed by atoms with van der Waals surface area (Å²) in [5.74, 6) is 5.03. The lowest BCUT2D eigenvalue weighted by Gasteiger charge is -2.42. The lowest BCUT2D eigenvalue weighted by molar-refractivity contribution is -0.172. The summed E-state index contributed by atoms with van der Waals surface area (Å²) in [5.41, 5.74) is 12.1. The van der Waals surface area contributed by atoms with Crippen LogP contribution >= 0.6 is 0 Å². The molecule has 0 bridgehead atoms. The van der Waals surface area contributed by atoms with Crippen LogP contribution in [0.1, 0.15) is 69.2 Å². The van der Waals surface area contributed by atoms with Crippen molar-refractivity contribution in [2.75, 3.05) is 18.8 Å². The van der Waals surface area contributed by atoms with Gasteiger partial charge in [0.2, 0.25) is 0 Å². The Bertz CT molecular complexity index is 3350. The average Bonchev–Trinajstić information content (AvgIpc) is 3.27. The first kappa shape index (κ1) is 41.2. The van der Waals surface area contributed by atoms with Gasteiger partial charge >= 0.3 is 5.97 Å². The Labute approximate surface area is 366 Å². The Balaban J connectivity index is 0.979. The summed E-state index contributed by atoms with van der Waals surface area (Å²) in [7, 11) is 0. The van der Waals surface area contributed by atoms with Gasteiger partial charge in [0.05, 0.1) is 11.6 Å². The van der Waals surface area contributed by atoms with Gasteiger partial charge in [0.25, 0.3) is 11.8 Å². The number of aryl methyl sites for hydroxylation is 1. The number of benzene rings is 6. The Morgan fingerprint density at radius 1 is 0.781 bits per heavy atom. The maximum absolute atomic E-state index is 14.2. The molecule has 7 N–H and O–H groups in total. The second-order valence-corrected chi connectivity index (χ2v) is 16.4. The van der Waals surface area contributed by atoms with E-state index in [4.69, 9.17) is 20.0 Å². The van der Waals surface area contributed by atoms with E-state index in [2.05, 4.69) is 17.2 Å². The van der Waals surface area contributed by atoms with Gasteiger partial charge < -0.3 is 35.0 Å². The van der Waals surface area contributed by atoms with Crippen molar-refractivity contribution >= 4 is 45.4 Å². The number of fused-ring (bicyclic) bond motifs is 4. The van der Waals surface area contributed by atoms with Crippen LogP contribution in [-0.2, 0) is 0 Å². The minimum Gasteiger partial charge on any atom is -0.508 e. The van der Waals surface area contributed by atoms with Crippen LogP contribution < -0.4 is 27.2 Å². The number of amides is 2. The fourth-order valence-corrected chi connectivity index (χ4v) is 9.02. The molecule has 0 unspecified atom stereocenters. The number of likely N-dealkylation sites (tertiary alicyclic amines) is 1. The molecule has 9 rings (SSSR count). The second-order valence-electron chi connectivity index (χ2n) is 16.4. The van der Waals surface area contributed by atoms with Crippen LogP contribution in [0.4, 0.5) is 5.69 Å². The van der Waals surface area contributed by atoms with Crippen LogP contribution in [0.5, 0.6) is 5.75 Å². The molecule has 318 valence electrons. The van der Waals surface area contributed by atoms with Crippen molar-refractivity contribution in [3.05, 3.63) is 147 Å². The zero-order valence-electron chi connectivity index (χ0n) is 35.1. The SMILES string of the molecule is CC#CCCC1(NC(=O)c2ccc(-c3c4ccc(=[NH2+])cc-4oc4cc(N)ccc34)c(C)c2)CCN(C(=O)c2ccc(-c3c4ccc(=O)cc-4oc4cc(O)ccc34)c(C(=O)O)c2)CC1. The largest absolute Gasteiger partial charge is 0.508 e. The molecule has 0 spiro atoms. The van der Waals surface area contributed by atoms with E-state index < -0.39 is 11.5 Å². The molecule has 0 saturated carbocycles. The monoisotopic (exact) mass is 851 g/mol. The third-order valence-electron chi connectivity index (χ3n) is 12.3. The van der Waals surface area contributed by atoms with Gasteiger partial charge in [-0.15, -0.1) is 11.8 Å². The first-order valence-electron chi connectivity index (χ1n) is 20.9. The molecule has 2 amide bonds. The molecule has 0 atom stereocenters. The van der Waals surface area contributed by atoms with Gasteiger partial charge in [0.15, 0.2) is 10.8 Å². The number of rotatable bonds is 8. The number of carbonyl (C=O) groups excluding carboxylic acids is 2. The number of anilines is 1. The minimum absolute atomic E-state index is 0.0612. The fraction of sp³-hybridized carbons (Fsp3) is 0.173. The molecule has 2 aliphatic carbocycles. The number of carboxylic acids is 1. The summed E-state index contributed by atoms with van der Waals surface area (Å²) in [6, 6.07) is 30.1. The van der Waals surface area contributed by atoms with Gasteiger partial charge in [-0.05, 0) is 117 Å². The summed E-state index contributed by atoms with van der Waals surface area (Å²) >= 11 is 0. The van der Waals surface area contributed by atoms with Crippen LogP contribution in [-0.4, -0.2) is 51.5 Å². The van der Waals surface area contributed by atoms with Crippen LogP contribution in [0.15, 0.2) is 123 Å². The number of aromatic carboxylic acids is 1. The van der Waals surface area contributed by atoms with Crippen molar-refractivity contribution in [1.82, 2.24) is 10.2 Å². The molecule has 4 aromatic carbocycles. The molecule has 1 fully saturated rings. The molecule has 1 saturated heterocycles. The fourth-order valence-electron chi connectivity index (χ4n) is 9.02. The van der Waals surface area contributed by atoms with Crippen LogP contribution in [0.2, 0.25) is 0 Å². The number of nitrogens with one attached hydrogen (secondary N) is 1. The van der Waals surface area contributed by atoms with E-state index in [0.717, 1.165) is 27.6 Å². The van der Waals surface area contributed by atoms with Crippen molar-refractivity contribution in [3.63, 3.8) is 0 Å². The number of carbonyl (C=O) groups is 3. The topological polar surface area (TPSA) is 202 Å². The van der Waals surface area contributed by atoms with E-state index in [-0.39, 0.29) is 45.5 Å². The number of carboxylic acid groups (broad SMARTS) is 1. The number of hydrogen-bond acceptors (Lipinski definition) is 8. The highest BCUT2D eigenvalue weighted by Gasteiger charge is 2.38. The van der Waals surface area contributed by atoms with Gasteiger partial charge in [-0.2, -0.15) is 0 Å². The quantitative estimate of drug-likeness (QED) is 0.0593. The third-order valence-corrected chi connectivity index (χ3v) is 12.3. The molecule has 3 heterocycles. The highest BCUT2D eigenvalue weighted by Crippen LogP contribution is 2.44. The molecule has 0 radical (unpaired) electrons. The van der Waals surface area contributed by atoms with Crippen molar-refractivity contribution in [2.24, 2.45) is 0 Å². The van der Waals surface area contributed by atoms with Gasteiger partial charge in [-0.1, -0.05) is 12.1 Å². The highest BCUT2D eigenvalue weighted by atomic mass is 16.4. The first-order chi connectivity index (χ1) is 30.8. The lowest BCUT2D eigenvalue weighted by atomic mass is 9.82. The second kappa shape index (κ2) is 16.3. The number of phenolic OH excluding ortho intramolecular Hbond substituents is 1. The van der Waals surface area contributed by atoms with Crippen molar-refractivity contribution < 1.29 is 38.8 Å². The molecule has 5 aliphatic rings. The number of nitrogen functional groups attached to an aromatic ring is 1. The van der Waals surface area contributed by atoms with E-state index >= 15 is 0 Å². The molecule has 12 heteroatoms. The molecule has 4 aromatic rings. The molecule has 64 heavy (non-hydrogen) atoms. The van der Waals surface area contributed by atoms with E-state index in [0.29, 0.717) is 88.8 Å². The van der Waals surface area contributed by atoms with Crippen LogP contribution in [0.3, 0.4) is 0 Å². The van der Waals surface area contributed by atoms with E-state index in [1.807, 2.05) is 49.4 Å². The summed E-state index contributed by atoms with van der Waals surface area (Å²) in [6.45, 7) is 4.36.